The van der Waals surface area contributed by atoms with Crippen molar-refractivity contribution >= 4 is 55.9 Å². The van der Waals surface area contributed by atoms with Crippen LogP contribution in [0.15, 0.2) is 36.8 Å². The minimum atomic E-state index is -0.389. The molecule has 4 heterocycles. The van der Waals surface area contributed by atoms with Gasteiger partial charge in [-0.3, -0.25) is 19.9 Å². The molecule has 9 nitrogen and oxygen atoms in total. The topological polar surface area (TPSA) is 119 Å². The first-order valence-electron chi connectivity index (χ1n) is 11.0. The van der Waals surface area contributed by atoms with Crippen molar-refractivity contribution in [1.29, 1.82) is 0 Å². The summed E-state index contributed by atoms with van der Waals surface area (Å²) in [5, 5.41) is 6.41. The molecule has 5 rings (SSSR count). The van der Waals surface area contributed by atoms with Crippen LogP contribution in [0.25, 0.3) is 21.5 Å². The van der Waals surface area contributed by atoms with Gasteiger partial charge in [-0.1, -0.05) is 29.4 Å². The highest BCUT2D eigenvalue weighted by atomic mass is 35.5. The lowest BCUT2D eigenvalue weighted by atomic mass is 9.85. The number of hydrogen-bond donors (Lipinski definition) is 2. The lowest BCUT2D eigenvalue weighted by molar-refractivity contribution is -0.122. The third-order valence-corrected chi connectivity index (χ3v) is 6.95. The Labute approximate surface area is 209 Å². The Morgan fingerprint density at radius 1 is 1.06 bits per heavy atom. The Morgan fingerprint density at radius 3 is 2.63 bits per heavy atom. The monoisotopic (exact) mass is 508 g/mol. The van der Waals surface area contributed by atoms with E-state index in [0.717, 1.165) is 29.7 Å². The number of carbonyl (C=O) groups is 2. The number of methoxy groups -OCH3 is 1. The molecule has 4 aromatic rings. The Balaban J connectivity index is 1.41. The summed E-state index contributed by atoms with van der Waals surface area (Å²) < 4.78 is 6.18. The van der Waals surface area contributed by atoms with Gasteiger partial charge in [0.05, 0.1) is 35.5 Å². The average molecular weight is 509 g/mol. The second kappa shape index (κ2) is 9.55. The zero-order chi connectivity index (χ0) is 24.5. The average Bonchev–Trinajstić information content (AvgIpc) is 3.19. The van der Waals surface area contributed by atoms with Gasteiger partial charge in [0.25, 0.3) is 5.91 Å². The number of hydrogen-bond acceptors (Lipinski definition) is 8. The lowest BCUT2D eigenvalue weighted by Crippen LogP contribution is -2.28. The van der Waals surface area contributed by atoms with E-state index in [2.05, 4.69) is 30.6 Å². The number of aromatic nitrogens is 4. The molecule has 0 radical (unpaired) electrons. The van der Waals surface area contributed by atoms with Crippen LogP contribution in [-0.4, -0.2) is 38.9 Å². The molecule has 0 spiro atoms. The lowest BCUT2D eigenvalue weighted by Gasteiger charge is -2.23. The molecule has 1 aliphatic carbocycles. The molecule has 4 aromatic heterocycles. The predicted molar refractivity (Wildman–Crippen MR) is 135 cm³/mol. The number of ether oxygens (including phenoxy) is 1. The van der Waals surface area contributed by atoms with Crippen LogP contribution < -0.4 is 15.4 Å². The maximum absolute atomic E-state index is 13.3. The number of carbonyl (C=O) groups excluding carboxylic acids is 2. The molecule has 1 saturated carbocycles. The summed E-state index contributed by atoms with van der Waals surface area (Å²) in [5.41, 5.74) is 3.39. The fourth-order valence-corrected chi connectivity index (χ4v) is 4.79. The highest BCUT2D eigenvalue weighted by molar-refractivity contribution is 7.22. The fourth-order valence-electron chi connectivity index (χ4n) is 3.77. The Bertz CT molecular complexity index is 1450. The number of aryl methyl sites for hydroxylation is 1. The number of fused-ring (bicyclic) bond motifs is 1. The van der Waals surface area contributed by atoms with Crippen LogP contribution in [0.2, 0.25) is 5.15 Å². The third-order valence-electron chi connectivity index (χ3n) is 5.84. The van der Waals surface area contributed by atoms with E-state index in [0.29, 0.717) is 38.9 Å². The van der Waals surface area contributed by atoms with E-state index >= 15 is 0 Å². The van der Waals surface area contributed by atoms with Crippen molar-refractivity contribution in [2.45, 2.75) is 26.2 Å². The van der Waals surface area contributed by atoms with E-state index in [1.54, 1.807) is 18.3 Å². The van der Waals surface area contributed by atoms with Gasteiger partial charge in [0.2, 0.25) is 5.91 Å². The Hall–Kier alpha value is -3.63. The predicted octanol–water partition coefficient (Wildman–Crippen LogP) is 5.11. The first kappa shape index (κ1) is 23.1. The first-order chi connectivity index (χ1) is 16.9. The molecule has 11 heteroatoms. The van der Waals surface area contributed by atoms with Crippen molar-refractivity contribution in [1.82, 2.24) is 19.9 Å². The zero-order valence-electron chi connectivity index (χ0n) is 19.0. The van der Waals surface area contributed by atoms with Crippen LogP contribution in [0, 0.1) is 12.8 Å². The summed E-state index contributed by atoms with van der Waals surface area (Å²) in [6, 6.07) is 5.25. The minimum Gasteiger partial charge on any atom is -0.494 e. The largest absolute Gasteiger partial charge is 0.494 e. The van der Waals surface area contributed by atoms with Crippen molar-refractivity contribution in [2.24, 2.45) is 5.92 Å². The van der Waals surface area contributed by atoms with Gasteiger partial charge in [-0.05, 0) is 38.0 Å². The van der Waals surface area contributed by atoms with Crippen molar-refractivity contribution in [2.75, 3.05) is 17.7 Å². The van der Waals surface area contributed by atoms with Crippen LogP contribution in [0.3, 0.4) is 0 Å². The number of thiazole rings is 1. The Morgan fingerprint density at radius 2 is 1.89 bits per heavy atom. The molecule has 0 aromatic carbocycles. The maximum Gasteiger partial charge on any atom is 0.259 e. The smallest absolute Gasteiger partial charge is 0.259 e. The van der Waals surface area contributed by atoms with Gasteiger partial charge < -0.3 is 10.1 Å². The number of nitrogens with one attached hydrogen (secondary N) is 2. The van der Waals surface area contributed by atoms with Crippen LogP contribution in [0.5, 0.6) is 5.75 Å². The van der Waals surface area contributed by atoms with Gasteiger partial charge in [0.15, 0.2) is 10.8 Å². The van der Waals surface area contributed by atoms with Crippen LogP contribution >= 0.6 is 22.9 Å². The summed E-state index contributed by atoms with van der Waals surface area (Å²) in [6.45, 7) is 1.83. The molecule has 1 fully saturated rings. The second-order valence-corrected chi connectivity index (χ2v) is 9.63. The van der Waals surface area contributed by atoms with Crippen LogP contribution in [0.4, 0.5) is 10.8 Å². The highest BCUT2D eigenvalue weighted by Gasteiger charge is 2.25. The molecule has 0 unspecified atom stereocenters. The molecule has 0 atom stereocenters. The van der Waals surface area contributed by atoms with Crippen LogP contribution in [0.1, 0.15) is 35.3 Å². The first-order valence-corrected chi connectivity index (χ1v) is 12.2. The number of halogens is 1. The van der Waals surface area contributed by atoms with E-state index < -0.39 is 0 Å². The van der Waals surface area contributed by atoms with Gasteiger partial charge in [0.1, 0.15) is 10.9 Å². The standard InChI is InChI=1S/C24H21ClN6O3S/c1-12-6-15(16-8-20(25)27-11-18(16)34-2)17(10-26-12)23(33)31-24-30-21-19(35-24)7-14(9-28-21)29-22(32)13-4-3-5-13/h6-11,13H,3-5H2,1-2H3,(H,29,32)(H,28,30,31,33). The fraction of sp³-hybridized carbons (Fsp3) is 0.250. The van der Waals surface area contributed by atoms with Crippen LogP contribution in [-0.2, 0) is 4.79 Å². The molecule has 2 amide bonds. The summed E-state index contributed by atoms with van der Waals surface area (Å²) in [4.78, 5) is 42.6. The summed E-state index contributed by atoms with van der Waals surface area (Å²) in [7, 11) is 1.53. The van der Waals surface area contributed by atoms with Gasteiger partial charge in [-0.2, -0.15) is 4.98 Å². The zero-order valence-corrected chi connectivity index (χ0v) is 20.5. The van der Waals surface area contributed by atoms with E-state index in [1.807, 2.05) is 13.0 Å². The van der Waals surface area contributed by atoms with E-state index in [9.17, 15) is 9.59 Å². The third kappa shape index (κ3) is 4.80. The van der Waals surface area contributed by atoms with Gasteiger partial charge >= 0.3 is 0 Å². The number of nitrogens with zero attached hydrogens (tertiary/aromatic N) is 4. The van der Waals surface area contributed by atoms with Crippen molar-refractivity contribution < 1.29 is 14.3 Å². The number of anilines is 2. The van der Waals surface area contributed by atoms with Crippen molar-refractivity contribution in [3.05, 3.63) is 53.2 Å². The Kier molecular flexibility index (Phi) is 6.31. The van der Waals surface area contributed by atoms with E-state index in [-0.39, 0.29) is 22.9 Å². The van der Waals surface area contributed by atoms with E-state index in [1.165, 1.54) is 30.8 Å². The van der Waals surface area contributed by atoms with Gasteiger partial charge in [-0.25, -0.2) is 9.97 Å². The molecule has 0 aliphatic heterocycles. The van der Waals surface area contributed by atoms with E-state index in [4.69, 9.17) is 16.3 Å². The quantitative estimate of drug-likeness (QED) is 0.347. The summed E-state index contributed by atoms with van der Waals surface area (Å²) in [5.74, 6) is 0.185. The van der Waals surface area contributed by atoms with Gasteiger partial charge in [0, 0.05) is 28.9 Å². The summed E-state index contributed by atoms with van der Waals surface area (Å²) >= 11 is 7.39. The molecule has 0 saturated heterocycles. The minimum absolute atomic E-state index is 0.0153. The number of pyridine rings is 3. The molecular weight excluding hydrogens is 488 g/mol. The maximum atomic E-state index is 13.3. The molecule has 35 heavy (non-hydrogen) atoms. The number of amides is 2. The molecule has 2 N–H and O–H groups in total. The highest BCUT2D eigenvalue weighted by Crippen LogP contribution is 2.35. The van der Waals surface area contributed by atoms with Crippen molar-refractivity contribution in [3.63, 3.8) is 0 Å². The summed E-state index contributed by atoms with van der Waals surface area (Å²) in [6.07, 6.45) is 7.53. The molecule has 1 aliphatic rings. The molecule has 178 valence electrons. The normalized spacial score (nSPS) is 13.3. The molecular formula is C24H21ClN6O3S. The SMILES string of the molecule is COc1cnc(Cl)cc1-c1cc(C)ncc1C(=O)Nc1nc2ncc(NC(=O)C3CCC3)cc2s1. The molecule has 0 bridgehead atoms. The number of rotatable bonds is 6. The second-order valence-electron chi connectivity index (χ2n) is 8.21. The van der Waals surface area contributed by atoms with Crippen molar-refractivity contribution in [3.8, 4) is 16.9 Å². The van der Waals surface area contributed by atoms with Gasteiger partial charge in [-0.15, -0.1) is 0 Å².